The van der Waals surface area contributed by atoms with Crippen LogP contribution in [0.5, 0.6) is 0 Å². The van der Waals surface area contributed by atoms with Gasteiger partial charge in [0.05, 0.1) is 5.56 Å². The van der Waals surface area contributed by atoms with Crippen molar-refractivity contribution in [3.05, 3.63) is 142 Å². The fraction of sp³-hybridized carbons (Fsp3) is 0.133. The normalized spacial score (nSPS) is 15.1. The van der Waals surface area contributed by atoms with Crippen LogP contribution < -0.4 is 0 Å². The highest BCUT2D eigenvalue weighted by molar-refractivity contribution is 8.14. The molecule has 0 N–H and O–H groups in total. The van der Waals surface area contributed by atoms with Gasteiger partial charge in [-0.1, -0.05) is 66.4 Å². The molecule has 0 aromatic heterocycles. The lowest BCUT2D eigenvalue weighted by molar-refractivity contribution is 0.0743. The van der Waals surface area contributed by atoms with E-state index in [1.54, 1.807) is 12.1 Å². The summed E-state index contributed by atoms with van der Waals surface area (Å²) in [6.45, 7) is 1.50. The van der Waals surface area contributed by atoms with Gasteiger partial charge >= 0.3 is 0 Å². The highest BCUT2D eigenvalue weighted by Gasteiger charge is 2.37. The third-order valence-corrected chi connectivity index (χ3v) is 7.47. The van der Waals surface area contributed by atoms with Crippen molar-refractivity contribution in [2.75, 3.05) is 0 Å². The quantitative estimate of drug-likeness (QED) is 0.267. The van der Waals surface area contributed by atoms with E-state index >= 15 is 0 Å². The maximum atomic E-state index is 14.8. The van der Waals surface area contributed by atoms with Crippen LogP contribution in [0, 0.1) is 24.4 Å². The SMILES string of the molecule is Cc1cc(F)cc(F)c1C(=O)N1N=C(c2ccc(F)cc2)SC1c1ccccc1CCc1ccccc1. The van der Waals surface area contributed by atoms with Crippen molar-refractivity contribution in [2.45, 2.75) is 25.1 Å². The minimum atomic E-state index is -0.936. The van der Waals surface area contributed by atoms with Gasteiger partial charge in [0, 0.05) is 11.6 Å². The molecule has 4 aromatic carbocycles. The highest BCUT2D eigenvalue weighted by atomic mass is 32.2. The first kappa shape index (κ1) is 24.8. The van der Waals surface area contributed by atoms with E-state index in [9.17, 15) is 18.0 Å². The van der Waals surface area contributed by atoms with Crippen LogP contribution in [0.1, 0.15) is 43.5 Å². The highest BCUT2D eigenvalue weighted by Crippen LogP contribution is 2.43. The summed E-state index contributed by atoms with van der Waals surface area (Å²) in [4.78, 5) is 13.7. The number of aryl methyl sites for hydroxylation is 3. The first-order valence-corrected chi connectivity index (χ1v) is 12.7. The summed E-state index contributed by atoms with van der Waals surface area (Å²) in [5.41, 5.74) is 3.71. The summed E-state index contributed by atoms with van der Waals surface area (Å²) in [5.74, 6) is -2.73. The number of hydrazone groups is 1. The molecule has 1 aliphatic heterocycles. The lowest BCUT2D eigenvalue weighted by atomic mass is 9.99. The Bertz CT molecular complexity index is 1450. The van der Waals surface area contributed by atoms with Crippen LogP contribution in [-0.2, 0) is 12.8 Å². The maximum Gasteiger partial charge on any atom is 0.278 e. The van der Waals surface area contributed by atoms with E-state index in [1.165, 1.54) is 41.4 Å². The predicted octanol–water partition coefficient (Wildman–Crippen LogP) is 7.45. The molecule has 4 aromatic rings. The van der Waals surface area contributed by atoms with Crippen molar-refractivity contribution in [3.8, 4) is 0 Å². The molecule has 186 valence electrons. The first-order chi connectivity index (χ1) is 17.9. The van der Waals surface area contributed by atoms with Crippen LogP contribution in [0.4, 0.5) is 13.2 Å². The van der Waals surface area contributed by atoms with E-state index in [0.717, 1.165) is 30.0 Å². The minimum absolute atomic E-state index is 0.189. The topological polar surface area (TPSA) is 32.7 Å². The first-order valence-electron chi connectivity index (χ1n) is 11.8. The molecule has 1 heterocycles. The van der Waals surface area contributed by atoms with Gasteiger partial charge in [0.15, 0.2) is 0 Å². The molecular formula is C30H23F3N2OS. The number of halogens is 3. The van der Waals surface area contributed by atoms with E-state index in [4.69, 9.17) is 0 Å². The fourth-order valence-corrected chi connectivity index (χ4v) is 5.63. The second-order valence-corrected chi connectivity index (χ2v) is 9.86. The van der Waals surface area contributed by atoms with Gasteiger partial charge in [0.1, 0.15) is 27.9 Å². The molecular weight excluding hydrogens is 493 g/mol. The summed E-state index contributed by atoms with van der Waals surface area (Å²) in [6.07, 6.45) is 1.54. The number of hydrogen-bond acceptors (Lipinski definition) is 3. The van der Waals surface area contributed by atoms with Crippen molar-refractivity contribution >= 4 is 22.7 Å². The third-order valence-electron chi connectivity index (χ3n) is 6.26. The number of carbonyl (C=O) groups excluding carboxylic acids is 1. The number of rotatable bonds is 6. The summed E-state index contributed by atoms with van der Waals surface area (Å²) < 4.78 is 42.1. The number of hydrogen-bond donors (Lipinski definition) is 0. The zero-order valence-electron chi connectivity index (χ0n) is 20.0. The smallest absolute Gasteiger partial charge is 0.267 e. The van der Waals surface area contributed by atoms with Gasteiger partial charge in [-0.2, -0.15) is 5.10 Å². The van der Waals surface area contributed by atoms with Crippen molar-refractivity contribution in [3.63, 3.8) is 0 Å². The molecule has 0 saturated heterocycles. The van der Waals surface area contributed by atoms with Crippen molar-refractivity contribution in [1.82, 2.24) is 5.01 Å². The van der Waals surface area contributed by atoms with Gasteiger partial charge in [-0.3, -0.25) is 4.79 Å². The molecule has 0 bridgehead atoms. The Balaban J connectivity index is 1.54. The second-order valence-electron chi connectivity index (χ2n) is 8.80. The minimum Gasteiger partial charge on any atom is -0.267 e. The summed E-state index contributed by atoms with van der Waals surface area (Å²) >= 11 is 1.34. The number of nitrogens with zero attached hydrogens (tertiary/aromatic N) is 2. The Kier molecular flexibility index (Phi) is 7.15. The Morgan fingerprint density at radius 1 is 0.865 bits per heavy atom. The van der Waals surface area contributed by atoms with Gasteiger partial charge in [-0.15, -0.1) is 0 Å². The lowest BCUT2D eigenvalue weighted by Gasteiger charge is -2.24. The van der Waals surface area contributed by atoms with Crippen LogP contribution in [0.3, 0.4) is 0 Å². The summed E-state index contributed by atoms with van der Waals surface area (Å²) in [6, 6.07) is 25.6. The zero-order chi connectivity index (χ0) is 25.9. The van der Waals surface area contributed by atoms with E-state index in [1.807, 2.05) is 42.5 Å². The molecule has 0 radical (unpaired) electrons. The Morgan fingerprint density at radius 2 is 1.57 bits per heavy atom. The van der Waals surface area contributed by atoms with Crippen molar-refractivity contribution in [1.29, 1.82) is 0 Å². The molecule has 3 nitrogen and oxygen atoms in total. The standard InChI is InChI=1S/C30H23F3N2OS/c1-19-17-24(32)18-26(33)27(19)29(36)35-30(37-28(34-35)22-13-15-23(31)16-14-22)25-10-6-5-9-21(25)12-11-20-7-3-2-4-8-20/h2-10,13-18,30H,11-12H2,1H3. The van der Waals surface area contributed by atoms with Crippen LogP contribution in [0.25, 0.3) is 0 Å². The molecule has 0 aliphatic carbocycles. The molecule has 1 unspecified atom stereocenters. The molecule has 0 saturated carbocycles. The van der Waals surface area contributed by atoms with Crippen molar-refractivity contribution < 1.29 is 18.0 Å². The lowest BCUT2D eigenvalue weighted by Crippen LogP contribution is -2.28. The Labute approximate surface area is 217 Å². The van der Waals surface area contributed by atoms with Crippen molar-refractivity contribution in [2.24, 2.45) is 5.10 Å². The third kappa shape index (κ3) is 5.32. The van der Waals surface area contributed by atoms with Crippen LogP contribution in [0.15, 0.2) is 96.1 Å². The van der Waals surface area contributed by atoms with Crippen LogP contribution in [-0.4, -0.2) is 16.0 Å². The largest absolute Gasteiger partial charge is 0.278 e. The molecule has 7 heteroatoms. The van der Waals surface area contributed by atoms with E-state index in [-0.39, 0.29) is 16.9 Å². The second kappa shape index (κ2) is 10.6. The van der Waals surface area contributed by atoms with E-state index in [2.05, 4.69) is 17.2 Å². The number of thioether (sulfide) groups is 1. The average molecular weight is 517 g/mol. The summed E-state index contributed by atoms with van der Waals surface area (Å²) in [7, 11) is 0. The van der Waals surface area contributed by atoms with Gasteiger partial charge in [-0.05, 0) is 72.4 Å². The van der Waals surface area contributed by atoms with Crippen LogP contribution >= 0.6 is 11.8 Å². The molecule has 1 atom stereocenters. The molecule has 0 fully saturated rings. The number of amides is 1. The van der Waals surface area contributed by atoms with Gasteiger partial charge < -0.3 is 0 Å². The Hall–Kier alpha value is -3.84. The van der Waals surface area contributed by atoms with Crippen LogP contribution in [0.2, 0.25) is 0 Å². The van der Waals surface area contributed by atoms with Gasteiger partial charge in [0.2, 0.25) is 0 Å². The van der Waals surface area contributed by atoms with E-state index in [0.29, 0.717) is 16.7 Å². The maximum absolute atomic E-state index is 14.8. The summed E-state index contributed by atoms with van der Waals surface area (Å²) in [5, 5.41) is 5.75. The molecule has 1 amide bonds. The molecule has 5 rings (SSSR count). The van der Waals surface area contributed by atoms with Gasteiger partial charge in [0.25, 0.3) is 5.91 Å². The molecule has 37 heavy (non-hydrogen) atoms. The molecule has 1 aliphatic rings. The zero-order valence-corrected chi connectivity index (χ0v) is 20.8. The molecule has 0 spiro atoms. The van der Waals surface area contributed by atoms with Gasteiger partial charge in [-0.25, -0.2) is 18.2 Å². The van der Waals surface area contributed by atoms with E-state index < -0.39 is 22.9 Å². The number of benzene rings is 4. The number of carbonyl (C=O) groups is 1. The Morgan fingerprint density at radius 3 is 2.30 bits per heavy atom. The fourth-order valence-electron chi connectivity index (χ4n) is 4.41. The predicted molar refractivity (Wildman–Crippen MR) is 141 cm³/mol. The monoisotopic (exact) mass is 516 g/mol. The average Bonchev–Trinajstić information content (AvgIpc) is 3.33.